The molecule has 1 aromatic carbocycles. The number of rotatable bonds is 33. The van der Waals surface area contributed by atoms with Crippen LogP contribution >= 0.6 is 0 Å². The molecule has 0 aliphatic carbocycles. The molecule has 1 fully saturated rings. The first-order chi connectivity index (χ1) is 26.9. The quantitative estimate of drug-likeness (QED) is 0.0448. The minimum Gasteiger partial charge on any atom is -0.445 e. The third-order valence-corrected chi connectivity index (χ3v) is 11.0. The Morgan fingerprint density at radius 1 is 0.655 bits per heavy atom. The minimum atomic E-state index is -1.50. The number of ether oxygens (including phenoxy) is 2. The summed E-state index contributed by atoms with van der Waals surface area (Å²) in [5.74, 6) is 0. The maximum absolute atomic E-state index is 13.8. The lowest BCUT2D eigenvalue weighted by molar-refractivity contribution is -0.222. The maximum atomic E-state index is 13.8. The molecule has 5 atom stereocenters. The molecule has 1 heterocycles. The van der Waals surface area contributed by atoms with E-state index in [9.17, 15) is 24.9 Å². The number of nitrogens with one attached hydrogen (secondary N) is 2. The molecule has 10 heteroatoms. The summed E-state index contributed by atoms with van der Waals surface area (Å²) in [6, 6.07) is 7.71. The summed E-state index contributed by atoms with van der Waals surface area (Å²) in [6.45, 7) is 4.81. The highest BCUT2D eigenvalue weighted by atomic mass is 16.6. The SMILES string of the molecule is CCCCCCCCCCCCCCCCCCN(C(=O)NCCCCCCCCCCCC)[C@@H]1O[C@H](CO)[C@@H](O)[C@H](O)[C@H]1NC(=O)OCc1ccccc1. The van der Waals surface area contributed by atoms with Crippen molar-refractivity contribution >= 4 is 12.1 Å². The van der Waals surface area contributed by atoms with Crippen LogP contribution in [-0.2, 0) is 16.1 Å². The first kappa shape index (κ1) is 48.7. The number of unbranched alkanes of at least 4 members (excludes halogenated alkanes) is 24. The molecule has 0 radical (unpaired) electrons. The maximum Gasteiger partial charge on any atom is 0.407 e. The second-order valence-electron chi connectivity index (χ2n) is 15.9. The lowest BCUT2D eigenvalue weighted by atomic mass is 9.95. The van der Waals surface area contributed by atoms with Gasteiger partial charge in [-0.25, -0.2) is 9.59 Å². The number of aliphatic hydroxyl groups excluding tert-OH is 3. The lowest BCUT2D eigenvalue weighted by Crippen LogP contribution is -2.69. The lowest BCUT2D eigenvalue weighted by Gasteiger charge is -2.46. The van der Waals surface area contributed by atoms with E-state index in [0.717, 1.165) is 50.5 Å². The molecule has 0 aromatic heterocycles. The zero-order valence-electron chi connectivity index (χ0n) is 34.9. The van der Waals surface area contributed by atoms with E-state index in [-0.39, 0.29) is 12.6 Å². The van der Waals surface area contributed by atoms with E-state index in [0.29, 0.717) is 13.1 Å². The van der Waals surface area contributed by atoms with Crippen molar-refractivity contribution in [2.24, 2.45) is 0 Å². The Balaban J connectivity index is 1.89. The minimum absolute atomic E-state index is 0.0189. The summed E-state index contributed by atoms with van der Waals surface area (Å²) in [5.41, 5.74) is 0.798. The highest BCUT2D eigenvalue weighted by molar-refractivity contribution is 5.75. The molecule has 1 aromatic rings. The van der Waals surface area contributed by atoms with Crippen molar-refractivity contribution in [3.05, 3.63) is 35.9 Å². The van der Waals surface area contributed by atoms with Gasteiger partial charge in [0, 0.05) is 13.1 Å². The first-order valence-electron chi connectivity index (χ1n) is 22.6. The van der Waals surface area contributed by atoms with Crippen molar-refractivity contribution in [3.8, 4) is 0 Å². The molecule has 318 valence electrons. The monoisotopic (exact) mass is 776 g/mol. The van der Waals surface area contributed by atoms with Gasteiger partial charge in [0.25, 0.3) is 0 Å². The Hall–Kier alpha value is -2.40. The van der Waals surface area contributed by atoms with Crippen molar-refractivity contribution in [2.75, 3.05) is 19.7 Å². The molecule has 3 amide bonds. The highest BCUT2D eigenvalue weighted by Crippen LogP contribution is 2.25. The Kier molecular flexibility index (Phi) is 28.9. The fourth-order valence-corrected chi connectivity index (χ4v) is 7.51. The second-order valence-corrected chi connectivity index (χ2v) is 15.9. The molecule has 55 heavy (non-hydrogen) atoms. The Bertz CT molecular complexity index is 1060. The molecular formula is C45H81N3O7. The van der Waals surface area contributed by atoms with E-state index >= 15 is 0 Å². The summed E-state index contributed by atoms with van der Waals surface area (Å²) in [4.78, 5) is 28.3. The van der Waals surface area contributed by atoms with Gasteiger partial charge in [-0.3, -0.25) is 4.90 Å². The van der Waals surface area contributed by atoms with Crippen LogP contribution in [0.1, 0.15) is 186 Å². The topological polar surface area (TPSA) is 141 Å². The third kappa shape index (κ3) is 22.2. The van der Waals surface area contributed by atoms with E-state index < -0.39 is 43.3 Å². The molecular weight excluding hydrogens is 695 g/mol. The molecule has 1 aliphatic rings. The number of hydrogen-bond acceptors (Lipinski definition) is 7. The average Bonchev–Trinajstić information content (AvgIpc) is 3.20. The van der Waals surface area contributed by atoms with Crippen LogP contribution in [0.5, 0.6) is 0 Å². The van der Waals surface area contributed by atoms with Crippen LogP contribution < -0.4 is 10.6 Å². The zero-order valence-corrected chi connectivity index (χ0v) is 34.9. The number of carbonyl (C=O) groups excluding carboxylic acids is 2. The molecule has 10 nitrogen and oxygen atoms in total. The number of hydrogen-bond donors (Lipinski definition) is 5. The smallest absolute Gasteiger partial charge is 0.407 e. The van der Waals surface area contributed by atoms with Crippen LogP contribution in [0.3, 0.4) is 0 Å². The van der Waals surface area contributed by atoms with E-state index in [1.165, 1.54) is 127 Å². The summed E-state index contributed by atoms with van der Waals surface area (Å²) >= 11 is 0. The molecule has 1 saturated heterocycles. The van der Waals surface area contributed by atoms with Crippen LogP contribution in [0.4, 0.5) is 9.59 Å². The van der Waals surface area contributed by atoms with Crippen molar-refractivity contribution in [1.29, 1.82) is 0 Å². The van der Waals surface area contributed by atoms with Gasteiger partial charge >= 0.3 is 12.1 Å². The van der Waals surface area contributed by atoms with Crippen molar-refractivity contribution in [2.45, 2.75) is 218 Å². The van der Waals surface area contributed by atoms with Gasteiger partial charge in [0.1, 0.15) is 31.0 Å². The fraction of sp³-hybridized carbons (Fsp3) is 0.822. The standard InChI is InChI=1S/C45H81N3O7/c1-3-5-7-9-11-13-15-16-17-18-19-20-22-24-26-31-35-48(44(52)46-34-30-25-23-21-14-12-10-8-6-4-2)43-40(42(51)41(50)39(36-49)55-43)47-45(53)54-37-38-32-28-27-29-33-38/h27-29,32-33,39-43,49-51H,3-26,30-31,34-37H2,1-2H3,(H,46,52)(H,47,53)/t39-,40-,41-,42-,43-/m1/s1. The van der Waals surface area contributed by atoms with E-state index in [4.69, 9.17) is 9.47 Å². The third-order valence-electron chi connectivity index (χ3n) is 11.0. The van der Waals surface area contributed by atoms with Gasteiger partial charge in [-0.05, 0) is 18.4 Å². The van der Waals surface area contributed by atoms with E-state index in [2.05, 4.69) is 24.5 Å². The number of benzene rings is 1. The van der Waals surface area contributed by atoms with Crippen LogP contribution in [0.25, 0.3) is 0 Å². The predicted molar refractivity (Wildman–Crippen MR) is 223 cm³/mol. The summed E-state index contributed by atoms with van der Waals surface area (Å²) < 4.78 is 11.5. The van der Waals surface area contributed by atoms with Gasteiger partial charge in [-0.1, -0.05) is 198 Å². The highest BCUT2D eigenvalue weighted by Gasteiger charge is 2.48. The van der Waals surface area contributed by atoms with Gasteiger partial charge in [0.05, 0.1) is 6.61 Å². The second kappa shape index (κ2) is 32.7. The van der Waals surface area contributed by atoms with Crippen LogP contribution in [0.2, 0.25) is 0 Å². The molecule has 5 N–H and O–H groups in total. The van der Waals surface area contributed by atoms with Gasteiger partial charge in [-0.2, -0.15) is 0 Å². The zero-order chi connectivity index (χ0) is 39.8. The van der Waals surface area contributed by atoms with Crippen LogP contribution in [0, 0.1) is 0 Å². The molecule has 0 saturated carbocycles. The summed E-state index contributed by atoms with van der Waals surface area (Å²) in [6.07, 6.45) is 25.8. The normalized spacial score (nSPS) is 19.6. The Morgan fingerprint density at radius 2 is 1.11 bits per heavy atom. The molecule has 1 aliphatic heterocycles. The number of alkyl carbamates (subject to hydrolysis) is 1. The number of carbonyl (C=O) groups is 2. The van der Waals surface area contributed by atoms with Gasteiger partial charge in [-0.15, -0.1) is 0 Å². The largest absolute Gasteiger partial charge is 0.445 e. The summed E-state index contributed by atoms with van der Waals surface area (Å²) in [5, 5.41) is 37.7. The average molecular weight is 776 g/mol. The fourth-order valence-electron chi connectivity index (χ4n) is 7.51. The summed E-state index contributed by atoms with van der Waals surface area (Å²) in [7, 11) is 0. The van der Waals surface area contributed by atoms with Crippen molar-refractivity contribution in [1.82, 2.24) is 15.5 Å². The van der Waals surface area contributed by atoms with Crippen LogP contribution in [0.15, 0.2) is 30.3 Å². The number of nitrogens with zero attached hydrogens (tertiary/aromatic N) is 1. The molecule has 0 bridgehead atoms. The van der Waals surface area contributed by atoms with Crippen molar-refractivity contribution in [3.63, 3.8) is 0 Å². The van der Waals surface area contributed by atoms with Crippen LogP contribution in [-0.4, -0.2) is 82.6 Å². The van der Waals surface area contributed by atoms with Crippen molar-refractivity contribution < 1.29 is 34.4 Å². The first-order valence-corrected chi connectivity index (χ1v) is 22.6. The Morgan fingerprint density at radius 3 is 1.58 bits per heavy atom. The van der Waals surface area contributed by atoms with E-state index in [1.54, 1.807) is 0 Å². The van der Waals surface area contributed by atoms with Gasteiger partial charge < -0.3 is 35.4 Å². The van der Waals surface area contributed by atoms with Gasteiger partial charge in [0.2, 0.25) is 0 Å². The predicted octanol–water partition coefficient (Wildman–Crippen LogP) is 9.91. The van der Waals surface area contributed by atoms with E-state index in [1.807, 2.05) is 30.3 Å². The van der Waals surface area contributed by atoms with Gasteiger partial charge in [0.15, 0.2) is 6.23 Å². The number of amides is 3. The Labute approximate surface area is 334 Å². The number of aliphatic hydroxyl groups is 3. The molecule has 2 rings (SSSR count). The molecule has 0 spiro atoms. The number of urea groups is 1. The molecule has 0 unspecified atom stereocenters.